The Labute approximate surface area is 503 Å². The number of nitrogens with one attached hydrogen (secondary N) is 1. The maximum absolute atomic E-state index is 12.5. The molecular weight excluding hydrogens is 987 g/mol. The summed E-state index contributed by atoms with van der Waals surface area (Å²) in [5.74, 6) is -0.0776. The van der Waals surface area contributed by atoms with Crippen molar-refractivity contribution in [3.63, 3.8) is 0 Å². The molecular formula is C77H131NO3. The molecule has 0 saturated carbocycles. The third kappa shape index (κ3) is 67.0. The lowest BCUT2D eigenvalue weighted by molar-refractivity contribution is -0.123. The Bertz CT molecular complexity index is 1650. The normalized spacial score (nSPS) is 13.7. The van der Waals surface area contributed by atoms with Gasteiger partial charge < -0.3 is 15.5 Å². The topological polar surface area (TPSA) is 69.6 Å². The molecule has 0 fully saturated rings. The van der Waals surface area contributed by atoms with Crippen molar-refractivity contribution in [3.05, 3.63) is 146 Å². The van der Waals surface area contributed by atoms with Crippen LogP contribution in [0.25, 0.3) is 0 Å². The van der Waals surface area contributed by atoms with Gasteiger partial charge in [0, 0.05) is 6.42 Å². The Hall–Kier alpha value is -3.73. The van der Waals surface area contributed by atoms with Crippen LogP contribution in [0, 0.1) is 0 Å². The highest BCUT2D eigenvalue weighted by atomic mass is 16.3. The van der Waals surface area contributed by atoms with Gasteiger partial charge in [0.1, 0.15) is 0 Å². The highest BCUT2D eigenvalue weighted by Crippen LogP contribution is 2.17. The zero-order valence-corrected chi connectivity index (χ0v) is 53.3. The largest absolute Gasteiger partial charge is 0.394 e. The fraction of sp³-hybridized carbons (Fsp3) is 0.675. The summed E-state index contributed by atoms with van der Waals surface area (Å²) in [4.78, 5) is 12.5. The van der Waals surface area contributed by atoms with Gasteiger partial charge >= 0.3 is 0 Å². The maximum atomic E-state index is 12.5. The number of aliphatic hydroxyl groups is 2. The Morgan fingerprint density at radius 1 is 0.309 bits per heavy atom. The summed E-state index contributed by atoms with van der Waals surface area (Å²) in [6.07, 6.45) is 111. The summed E-state index contributed by atoms with van der Waals surface area (Å²) in [6, 6.07) is -0.640. The van der Waals surface area contributed by atoms with Crippen molar-refractivity contribution in [3.8, 4) is 0 Å². The number of hydrogen-bond acceptors (Lipinski definition) is 3. The molecule has 2 atom stereocenters. The minimum absolute atomic E-state index is 0.0776. The minimum atomic E-state index is -0.856. The Kier molecular flexibility index (Phi) is 67.3. The van der Waals surface area contributed by atoms with Crippen molar-refractivity contribution >= 4 is 5.91 Å². The van der Waals surface area contributed by atoms with Crippen LogP contribution in [0.1, 0.15) is 316 Å². The molecule has 0 rings (SSSR count). The number of amides is 1. The third-order valence-corrected chi connectivity index (χ3v) is 15.1. The first kappa shape index (κ1) is 77.3. The zero-order chi connectivity index (χ0) is 58.4. The van der Waals surface area contributed by atoms with Crippen LogP contribution in [0.4, 0.5) is 0 Å². The fourth-order valence-electron chi connectivity index (χ4n) is 9.89. The van der Waals surface area contributed by atoms with E-state index < -0.39 is 12.1 Å². The summed E-state index contributed by atoms with van der Waals surface area (Å²) < 4.78 is 0. The van der Waals surface area contributed by atoms with Gasteiger partial charge in [0.05, 0.1) is 18.8 Å². The van der Waals surface area contributed by atoms with Crippen LogP contribution < -0.4 is 5.32 Å². The number of rotatable bonds is 62. The molecule has 2 unspecified atom stereocenters. The molecule has 0 aliphatic rings. The van der Waals surface area contributed by atoms with Gasteiger partial charge in [-0.1, -0.05) is 352 Å². The predicted molar refractivity (Wildman–Crippen MR) is 363 cm³/mol. The molecule has 462 valence electrons. The highest BCUT2D eigenvalue weighted by molar-refractivity contribution is 5.76. The molecule has 0 spiro atoms. The number of carbonyl (C=O) groups excluding carboxylic acids is 1. The number of carbonyl (C=O) groups is 1. The Balaban J connectivity index is 3.60. The second kappa shape index (κ2) is 70.5. The SMILES string of the molecule is CC/C=C\C/C=C\C/C=C\C/C=C\C/C=C\C/C=C\C/C=C\C/C=C\C/C=C\C/C=C\C/C=C\CCCCCCCCCC(=O)NC(CO)C(O)/C=C/CCCCCCCCCCCCCCCCCCCCCCCCCCCC. The van der Waals surface area contributed by atoms with Gasteiger partial charge in [-0.3, -0.25) is 4.79 Å². The first-order valence-corrected chi connectivity index (χ1v) is 34.5. The second-order valence-corrected chi connectivity index (χ2v) is 22.9. The molecule has 3 N–H and O–H groups in total. The van der Waals surface area contributed by atoms with E-state index in [9.17, 15) is 15.0 Å². The van der Waals surface area contributed by atoms with Gasteiger partial charge in [-0.2, -0.15) is 0 Å². The smallest absolute Gasteiger partial charge is 0.220 e. The molecule has 0 aromatic heterocycles. The average molecular weight is 1120 g/mol. The molecule has 0 radical (unpaired) electrons. The Morgan fingerprint density at radius 3 is 0.815 bits per heavy atom. The van der Waals surface area contributed by atoms with Crippen LogP contribution in [0.5, 0.6) is 0 Å². The summed E-state index contributed by atoms with van der Waals surface area (Å²) in [6.45, 7) is 4.21. The lowest BCUT2D eigenvalue weighted by Crippen LogP contribution is -2.45. The van der Waals surface area contributed by atoms with E-state index in [0.717, 1.165) is 109 Å². The molecule has 0 aliphatic carbocycles. The summed E-state index contributed by atoms with van der Waals surface area (Å²) in [5.41, 5.74) is 0. The molecule has 0 aromatic carbocycles. The molecule has 81 heavy (non-hydrogen) atoms. The van der Waals surface area contributed by atoms with Gasteiger partial charge in [-0.25, -0.2) is 0 Å². The van der Waals surface area contributed by atoms with Crippen molar-refractivity contribution < 1.29 is 15.0 Å². The average Bonchev–Trinajstić information content (AvgIpc) is 3.47. The molecule has 1 amide bonds. The first-order valence-electron chi connectivity index (χ1n) is 34.5. The van der Waals surface area contributed by atoms with E-state index in [1.807, 2.05) is 6.08 Å². The van der Waals surface area contributed by atoms with E-state index in [1.54, 1.807) is 6.08 Å². The van der Waals surface area contributed by atoms with Crippen molar-refractivity contribution in [1.82, 2.24) is 5.32 Å². The number of unbranched alkanes of at least 4 members (excludes halogenated alkanes) is 33. The first-order chi connectivity index (χ1) is 40.2. The quantitative estimate of drug-likeness (QED) is 0.0420. The van der Waals surface area contributed by atoms with Crippen molar-refractivity contribution in [2.75, 3.05) is 6.61 Å². The number of allylic oxidation sites excluding steroid dienone is 23. The van der Waals surface area contributed by atoms with E-state index in [4.69, 9.17) is 0 Å². The molecule has 0 bridgehead atoms. The summed E-state index contributed by atoms with van der Waals surface area (Å²) >= 11 is 0. The van der Waals surface area contributed by atoms with Crippen molar-refractivity contribution in [1.29, 1.82) is 0 Å². The number of aliphatic hydroxyl groups excluding tert-OH is 2. The molecule has 4 heteroatoms. The fourth-order valence-corrected chi connectivity index (χ4v) is 9.89. The third-order valence-electron chi connectivity index (χ3n) is 15.1. The second-order valence-electron chi connectivity index (χ2n) is 22.9. The van der Waals surface area contributed by atoms with E-state index in [1.165, 1.54) is 186 Å². The standard InChI is InChI=1S/C77H131NO3/c1-3-5-7-9-11-13-15-17-19-21-23-25-27-29-31-33-34-35-36-37-38-39-40-41-42-43-44-45-47-49-51-53-55-57-59-61-63-65-67-69-71-73-77(81)78-75(74-79)76(80)72-70-68-66-64-62-60-58-56-54-52-50-48-46-32-30-28-26-24-22-20-18-16-14-12-10-8-6-4-2/h5,7,11,13,17,19,23,25,29,31,34-35,37-38,40-41,43-44,47,49,53,55,70,72,75-76,79-80H,3-4,6,8-10,12,14-16,18,20-22,24,26-28,30,32-33,36,39,42,45-46,48,50-52,54,56-69,71,73-74H2,1-2H3,(H,78,81)/b7-5-,13-11-,19-17-,25-23-,31-29-,35-34-,38-37-,41-40-,44-43-,49-47-,55-53-,72-70+. The van der Waals surface area contributed by atoms with Gasteiger partial charge in [-0.15, -0.1) is 0 Å². The van der Waals surface area contributed by atoms with Crippen LogP contribution >= 0.6 is 0 Å². The van der Waals surface area contributed by atoms with Crippen LogP contribution in [0.15, 0.2) is 146 Å². The van der Waals surface area contributed by atoms with Gasteiger partial charge in [0.25, 0.3) is 0 Å². The Morgan fingerprint density at radius 2 is 0.543 bits per heavy atom. The monoisotopic (exact) mass is 1120 g/mol. The van der Waals surface area contributed by atoms with Crippen LogP contribution in [-0.2, 0) is 4.79 Å². The molecule has 0 aliphatic heterocycles. The molecule has 0 aromatic rings. The molecule has 0 saturated heterocycles. The van der Waals surface area contributed by atoms with E-state index >= 15 is 0 Å². The maximum Gasteiger partial charge on any atom is 0.220 e. The summed E-state index contributed by atoms with van der Waals surface area (Å²) in [5, 5.41) is 23.3. The lowest BCUT2D eigenvalue weighted by atomic mass is 10.0. The predicted octanol–water partition coefficient (Wildman–Crippen LogP) is 23.9. The van der Waals surface area contributed by atoms with E-state index in [-0.39, 0.29) is 12.5 Å². The minimum Gasteiger partial charge on any atom is -0.394 e. The van der Waals surface area contributed by atoms with Gasteiger partial charge in [0.2, 0.25) is 5.91 Å². The van der Waals surface area contributed by atoms with Crippen molar-refractivity contribution in [2.24, 2.45) is 0 Å². The van der Waals surface area contributed by atoms with E-state index in [0.29, 0.717) is 6.42 Å². The van der Waals surface area contributed by atoms with Crippen molar-refractivity contribution in [2.45, 2.75) is 328 Å². The van der Waals surface area contributed by atoms with Crippen LogP contribution in [0.3, 0.4) is 0 Å². The lowest BCUT2D eigenvalue weighted by Gasteiger charge is -2.20. The molecule has 4 nitrogen and oxygen atoms in total. The molecule has 0 heterocycles. The summed E-state index contributed by atoms with van der Waals surface area (Å²) in [7, 11) is 0. The van der Waals surface area contributed by atoms with Crippen LogP contribution in [0.2, 0.25) is 0 Å². The number of hydrogen-bond donors (Lipinski definition) is 3. The van der Waals surface area contributed by atoms with Gasteiger partial charge in [-0.05, 0) is 103 Å². The zero-order valence-electron chi connectivity index (χ0n) is 53.3. The highest BCUT2D eigenvalue weighted by Gasteiger charge is 2.18. The van der Waals surface area contributed by atoms with Crippen LogP contribution in [-0.4, -0.2) is 34.9 Å². The van der Waals surface area contributed by atoms with E-state index in [2.05, 4.69) is 153 Å². The van der Waals surface area contributed by atoms with Gasteiger partial charge in [0.15, 0.2) is 0 Å².